The van der Waals surface area contributed by atoms with E-state index in [4.69, 9.17) is 4.74 Å². The summed E-state index contributed by atoms with van der Waals surface area (Å²) >= 11 is 1.91. The fourth-order valence-corrected chi connectivity index (χ4v) is 3.06. The van der Waals surface area contributed by atoms with Crippen LogP contribution >= 0.6 is 11.8 Å². The maximum atomic E-state index is 9.72. The molecule has 1 atom stereocenters. The lowest BCUT2D eigenvalue weighted by Gasteiger charge is -2.12. The van der Waals surface area contributed by atoms with Crippen LogP contribution in [0.15, 0.2) is 18.2 Å². The zero-order valence-corrected chi connectivity index (χ0v) is 9.01. The average molecular weight is 210 g/mol. The molecule has 1 heterocycles. The molecule has 0 aliphatic carbocycles. The highest BCUT2D eigenvalue weighted by Crippen LogP contribution is 2.44. The van der Waals surface area contributed by atoms with E-state index in [1.165, 1.54) is 12.2 Å². The molecule has 2 nitrogen and oxygen atoms in total. The summed E-state index contributed by atoms with van der Waals surface area (Å²) in [5, 5.41) is 10.2. The van der Waals surface area contributed by atoms with E-state index >= 15 is 0 Å². The molecule has 1 N–H and O–H groups in total. The number of rotatable bonds is 2. The summed E-state index contributed by atoms with van der Waals surface area (Å²) in [6.45, 7) is 0. The highest BCUT2D eigenvalue weighted by molar-refractivity contribution is 7.99. The molecule has 0 spiro atoms. The van der Waals surface area contributed by atoms with Crippen LogP contribution in [0.25, 0.3) is 0 Å². The molecule has 0 amide bonds. The van der Waals surface area contributed by atoms with Gasteiger partial charge in [0, 0.05) is 10.8 Å². The predicted octanol–water partition coefficient (Wildman–Crippen LogP) is 2.97. The molecule has 1 aromatic rings. The minimum atomic E-state index is 0.394. The van der Waals surface area contributed by atoms with Crippen molar-refractivity contribution >= 4 is 11.8 Å². The Morgan fingerprint density at radius 2 is 2.36 bits per heavy atom. The molecule has 1 fully saturated rings. The number of thioether (sulfide) groups is 1. The SMILES string of the molecule is COc1ccc(O)c(C2CCCS2)c1. The predicted molar refractivity (Wildman–Crippen MR) is 59.1 cm³/mol. The molecular formula is C11H14O2S. The van der Waals surface area contributed by atoms with Crippen molar-refractivity contribution in [3.05, 3.63) is 23.8 Å². The normalized spacial score (nSPS) is 21.1. The summed E-state index contributed by atoms with van der Waals surface area (Å²) in [6.07, 6.45) is 2.40. The Morgan fingerprint density at radius 3 is 3.00 bits per heavy atom. The van der Waals surface area contributed by atoms with Gasteiger partial charge in [-0.2, -0.15) is 11.8 Å². The van der Waals surface area contributed by atoms with Gasteiger partial charge >= 0.3 is 0 Å². The van der Waals surface area contributed by atoms with Crippen LogP contribution in [0, 0.1) is 0 Å². The molecule has 1 aromatic carbocycles. The van der Waals surface area contributed by atoms with Crippen LogP contribution in [0.1, 0.15) is 23.7 Å². The number of methoxy groups -OCH3 is 1. The number of ether oxygens (including phenoxy) is 1. The van der Waals surface area contributed by atoms with Crippen LogP contribution in [0.3, 0.4) is 0 Å². The third kappa shape index (κ3) is 1.82. The van der Waals surface area contributed by atoms with E-state index in [0.717, 1.165) is 17.7 Å². The van der Waals surface area contributed by atoms with Gasteiger partial charge in [0.2, 0.25) is 0 Å². The zero-order chi connectivity index (χ0) is 9.97. The quantitative estimate of drug-likeness (QED) is 0.813. The van der Waals surface area contributed by atoms with Gasteiger partial charge in [-0.1, -0.05) is 0 Å². The van der Waals surface area contributed by atoms with Crippen molar-refractivity contribution in [2.45, 2.75) is 18.1 Å². The topological polar surface area (TPSA) is 29.5 Å². The lowest BCUT2D eigenvalue weighted by atomic mass is 10.1. The molecule has 0 saturated carbocycles. The first-order valence-corrected chi connectivity index (χ1v) is 5.84. The first kappa shape index (κ1) is 9.71. The summed E-state index contributed by atoms with van der Waals surface area (Å²) in [6, 6.07) is 5.45. The fourth-order valence-electron chi connectivity index (χ4n) is 1.74. The molecule has 0 radical (unpaired) electrons. The first-order valence-electron chi connectivity index (χ1n) is 4.80. The molecule has 76 valence electrons. The molecule has 3 heteroatoms. The summed E-state index contributed by atoms with van der Waals surface area (Å²) in [4.78, 5) is 0. The zero-order valence-electron chi connectivity index (χ0n) is 8.19. The Kier molecular flexibility index (Phi) is 2.87. The number of phenols is 1. The van der Waals surface area contributed by atoms with Crippen molar-refractivity contribution in [3.63, 3.8) is 0 Å². The van der Waals surface area contributed by atoms with Crippen molar-refractivity contribution in [2.75, 3.05) is 12.9 Å². The Balaban J connectivity index is 2.29. The Bertz CT molecular complexity index is 319. The maximum absolute atomic E-state index is 9.72. The lowest BCUT2D eigenvalue weighted by Crippen LogP contribution is -1.91. The highest BCUT2D eigenvalue weighted by Gasteiger charge is 2.20. The van der Waals surface area contributed by atoms with Gasteiger partial charge in [-0.25, -0.2) is 0 Å². The molecule has 1 saturated heterocycles. The summed E-state index contributed by atoms with van der Waals surface area (Å²) < 4.78 is 5.15. The van der Waals surface area contributed by atoms with Crippen LogP contribution in [0.5, 0.6) is 11.5 Å². The third-order valence-electron chi connectivity index (χ3n) is 2.51. The molecule has 14 heavy (non-hydrogen) atoms. The first-order chi connectivity index (χ1) is 6.81. The second-order valence-electron chi connectivity index (χ2n) is 3.43. The van der Waals surface area contributed by atoms with Gasteiger partial charge in [-0.05, 0) is 36.8 Å². The standard InChI is InChI=1S/C11H14O2S/c1-13-8-4-5-10(12)9(7-8)11-3-2-6-14-11/h4-5,7,11-12H,2-3,6H2,1H3. The van der Waals surface area contributed by atoms with Gasteiger partial charge < -0.3 is 9.84 Å². The summed E-state index contributed by atoms with van der Waals surface area (Å²) in [7, 11) is 1.65. The van der Waals surface area contributed by atoms with Crippen LogP contribution in [0.2, 0.25) is 0 Å². The monoisotopic (exact) mass is 210 g/mol. The summed E-state index contributed by atoms with van der Waals surface area (Å²) in [5.74, 6) is 2.41. The minimum absolute atomic E-state index is 0.394. The van der Waals surface area contributed by atoms with Crippen LogP contribution < -0.4 is 4.74 Å². The molecular weight excluding hydrogens is 196 g/mol. The van der Waals surface area contributed by atoms with Crippen LogP contribution in [0.4, 0.5) is 0 Å². The lowest BCUT2D eigenvalue weighted by molar-refractivity contribution is 0.410. The largest absolute Gasteiger partial charge is 0.508 e. The van der Waals surface area contributed by atoms with Crippen LogP contribution in [-0.2, 0) is 0 Å². The molecule has 0 aromatic heterocycles. The maximum Gasteiger partial charge on any atom is 0.120 e. The number of hydrogen-bond donors (Lipinski definition) is 1. The van der Waals surface area contributed by atoms with Gasteiger partial charge in [0.05, 0.1) is 7.11 Å². The van der Waals surface area contributed by atoms with Crippen LogP contribution in [-0.4, -0.2) is 18.0 Å². The van der Waals surface area contributed by atoms with Gasteiger partial charge in [0.15, 0.2) is 0 Å². The second-order valence-corrected chi connectivity index (χ2v) is 4.74. The number of benzene rings is 1. The van der Waals surface area contributed by atoms with Crippen molar-refractivity contribution in [1.29, 1.82) is 0 Å². The molecule has 1 aliphatic rings. The Morgan fingerprint density at radius 1 is 1.50 bits per heavy atom. The fraction of sp³-hybridized carbons (Fsp3) is 0.455. The van der Waals surface area contributed by atoms with Gasteiger partial charge in [0.25, 0.3) is 0 Å². The van der Waals surface area contributed by atoms with E-state index in [1.54, 1.807) is 19.2 Å². The number of hydrogen-bond acceptors (Lipinski definition) is 3. The second kappa shape index (κ2) is 4.13. The van der Waals surface area contributed by atoms with Gasteiger partial charge in [-0.15, -0.1) is 0 Å². The van der Waals surface area contributed by atoms with Crippen molar-refractivity contribution in [3.8, 4) is 11.5 Å². The highest BCUT2D eigenvalue weighted by atomic mass is 32.2. The van der Waals surface area contributed by atoms with E-state index < -0.39 is 0 Å². The number of phenolic OH excluding ortho intramolecular Hbond substituents is 1. The molecule has 0 bridgehead atoms. The Hall–Kier alpha value is -0.830. The van der Waals surface area contributed by atoms with E-state index in [9.17, 15) is 5.11 Å². The smallest absolute Gasteiger partial charge is 0.120 e. The van der Waals surface area contributed by atoms with Gasteiger partial charge in [-0.3, -0.25) is 0 Å². The minimum Gasteiger partial charge on any atom is -0.508 e. The van der Waals surface area contributed by atoms with E-state index in [-0.39, 0.29) is 0 Å². The molecule has 2 rings (SSSR count). The van der Waals surface area contributed by atoms with E-state index in [1.807, 2.05) is 17.8 Å². The van der Waals surface area contributed by atoms with Gasteiger partial charge in [0.1, 0.15) is 11.5 Å². The third-order valence-corrected chi connectivity index (χ3v) is 3.93. The van der Waals surface area contributed by atoms with E-state index in [2.05, 4.69) is 0 Å². The molecule has 1 unspecified atom stereocenters. The van der Waals surface area contributed by atoms with Crippen molar-refractivity contribution in [1.82, 2.24) is 0 Å². The average Bonchev–Trinajstić information content (AvgIpc) is 2.71. The van der Waals surface area contributed by atoms with Crippen molar-refractivity contribution < 1.29 is 9.84 Å². The van der Waals surface area contributed by atoms with Crippen molar-refractivity contribution in [2.24, 2.45) is 0 Å². The van der Waals surface area contributed by atoms with E-state index in [0.29, 0.717) is 11.0 Å². The Labute approximate surface area is 88.3 Å². The molecule has 1 aliphatic heterocycles. The summed E-state index contributed by atoms with van der Waals surface area (Å²) in [5.41, 5.74) is 1.02. The number of aromatic hydroxyl groups is 1.